The average molecular weight is 343 g/mol. The van der Waals surface area contributed by atoms with Crippen molar-refractivity contribution >= 4 is 22.9 Å². The van der Waals surface area contributed by atoms with Gasteiger partial charge < -0.3 is 15.4 Å². The number of nitrogens with one attached hydrogen (secondary N) is 2. The molecule has 0 fully saturated rings. The summed E-state index contributed by atoms with van der Waals surface area (Å²) < 4.78 is 5.73. The van der Waals surface area contributed by atoms with E-state index in [2.05, 4.69) is 41.3 Å². The number of rotatable bonds is 5. The first kappa shape index (κ1) is 17.8. The maximum absolute atomic E-state index is 10.9. The van der Waals surface area contributed by atoms with Crippen molar-refractivity contribution in [3.8, 4) is 22.8 Å². The van der Waals surface area contributed by atoms with Crippen LogP contribution in [0.2, 0.25) is 0 Å². The van der Waals surface area contributed by atoms with E-state index < -0.39 is 0 Å². The van der Waals surface area contributed by atoms with E-state index >= 15 is 0 Å². The number of anilines is 1. The lowest BCUT2D eigenvalue weighted by atomic mass is 10.3. The summed E-state index contributed by atoms with van der Waals surface area (Å²) in [4.78, 5) is 15.9. The number of carbonyl (C=O) groups excluding carboxylic acids is 1. The van der Waals surface area contributed by atoms with Crippen LogP contribution in [0.1, 0.15) is 32.6 Å². The summed E-state index contributed by atoms with van der Waals surface area (Å²) >= 11 is 1.37. The fourth-order valence-electron chi connectivity index (χ4n) is 1.94. The molecule has 126 valence electrons. The summed E-state index contributed by atoms with van der Waals surface area (Å²) in [5.41, 5.74) is 1.05. The van der Waals surface area contributed by atoms with Gasteiger partial charge in [0.2, 0.25) is 5.91 Å². The first-order valence-corrected chi connectivity index (χ1v) is 8.53. The molecule has 0 aliphatic rings. The molecule has 2 N–H and O–H groups in total. The molecule has 0 aliphatic carbocycles. The number of hydrogen-bond acceptors (Lipinski definition) is 5. The minimum absolute atomic E-state index is 0.0967. The highest BCUT2D eigenvalue weighted by Gasteiger charge is 2.04. The molecule has 2 rings (SSSR count). The number of benzene rings is 1. The standard InChI is InChI=1S/C18H21N3O2S/c1-12(2)20-15-6-8-16(9-7-15)23-18-19-11-17(24-18)10-5-13(3)21-14(4)22/h6-9,11-13,20H,1-4H3,(H,21,22). The van der Waals surface area contributed by atoms with Crippen molar-refractivity contribution in [1.82, 2.24) is 10.3 Å². The van der Waals surface area contributed by atoms with Crippen LogP contribution in [0.15, 0.2) is 30.5 Å². The molecule has 2 aromatic rings. The summed E-state index contributed by atoms with van der Waals surface area (Å²) in [7, 11) is 0. The van der Waals surface area contributed by atoms with Crippen molar-refractivity contribution in [2.24, 2.45) is 0 Å². The topological polar surface area (TPSA) is 63.2 Å². The smallest absolute Gasteiger partial charge is 0.279 e. The zero-order valence-corrected chi connectivity index (χ0v) is 15.0. The Labute approximate surface area is 146 Å². The van der Waals surface area contributed by atoms with Crippen molar-refractivity contribution in [3.05, 3.63) is 35.3 Å². The van der Waals surface area contributed by atoms with Crippen LogP contribution in [0.5, 0.6) is 10.9 Å². The molecule has 0 aliphatic heterocycles. The monoisotopic (exact) mass is 343 g/mol. The van der Waals surface area contributed by atoms with Crippen LogP contribution in [0, 0.1) is 11.8 Å². The number of hydrogen-bond donors (Lipinski definition) is 2. The van der Waals surface area contributed by atoms with Gasteiger partial charge in [0, 0.05) is 18.7 Å². The van der Waals surface area contributed by atoms with Crippen molar-refractivity contribution in [2.75, 3.05) is 5.32 Å². The second-order valence-electron chi connectivity index (χ2n) is 5.61. The molecule has 1 unspecified atom stereocenters. The van der Waals surface area contributed by atoms with Crippen LogP contribution in [-0.4, -0.2) is 23.0 Å². The summed E-state index contributed by atoms with van der Waals surface area (Å²) in [5, 5.41) is 6.57. The van der Waals surface area contributed by atoms with Crippen molar-refractivity contribution in [3.63, 3.8) is 0 Å². The minimum Gasteiger partial charge on any atom is -0.431 e. The molecule has 5 nitrogen and oxygen atoms in total. The van der Waals surface area contributed by atoms with Crippen molar-refractivity contribution in [1.29, 1.82) is 0 Å². The van der Waals surface area contributed by atoms with E-state index in [0.717, 1.165) is 16.3 Å². The number of aromatic nitrogens is 1. The molecule has 0 saturated carbocycles. The molecule has 0 spiro atoms. The van der Waals surface area contributed by atoms with Crippen LogP contribution >= 0.6 is 11.3 Å². The number of carbonyl (C=O) groups is 1. The first-order chi connectivity index (χ1) is 11.4. The molecule has 0 saturated heterocycles. The van der Waals surface area contributed by atoms with E-state index in [-0.39, 0.29) is 11.9 Å². The van der Waals surface area contributed by atoms with Crippen LogP contribution in [0.25, 0.3) is 0 Å². The fraction of sp³-hybridized carbons (Fsp3) is 0.333. The van der Waals surface area contributed by atoms with Crippen LogP contribution in [-0.2, 0) is 4.79 Å². The third-order valence-electron chi connectivity index (χ3n) is 2.83. The van der Waals surface area contributed by atoms with Crippen LogP contribution in [0.4, 0.5) is 5.69 Å². The van der Waals surface area contributed by atoms with Gasteiger partial charge in [-0.05, 0) is 45.0 Å². The van der Waals surface area contributed by atoms with Gasteiger partial charge >= 0.3 is 0 Å². The molecular formula is C18H21N3O2S. The lowest BCUT2D eigenvalue weighted by Crippen LogP contribution is -2.28. The number of thiazole rings is 1. The van der Waals surface area contributed by atoms with E-state index in [9.17, 15) is 4.79 Å². The largest absolute Gasteiger partial charge is 0.431 e. The van der Waals surface area contributed by atoms with E-state index in [4.69, 9.17) is 4.74 Å². The number of ether oxygens (including phenoxy) is 1. The van der Waals surface area contributed by atoms with Crippen LogP contribution in [0.3, 0.4) is 0 Å². The lowest BCUT2D eigenvalue weighted by molar-refractivity contribution is -0.119. The van der Waals surface area contributed by atoms with E-state index in [0.29, 0.717) is 11.2 Å². The molecule has 1 amide bonds. The highest BCUT2D eigenvalue weighted by atomic mass is 32.1. The first-order valence-electron chi connectivity index (χ1n) is 7.71. The molecule has 1 heterocycles. The number of nitrogens with zero attached hydrogens (tertiary/aromatic N) is 1. The normalized spacial score (nSPS) is 11.4. The molecule has 0 radical (unpaired) electrons. The van der Waals surface area contributed by atoms with Crippen molar-refractivity contribution < 1.29 is 9.53 Å². The Morgan fingerprint density at radius 1 is 1.25 bits per heavy atom. The predicted octanol–water partition coefficient (Wildman–Crippen LogP) is 3.63. The van der Waals surface area contributed by atoms with E-state index in [1.807, 2.05) is 31.2 Å². The highest BCUT2D eigenvalue weighted by Crippen LogP contribution is 2.27. The van der Waals surface area contributed by atoms with Gasteiger partial charge in [0.05, 0.1) is 12.2 Å². The van der Waals surface area contributed by atoms with Gasteiger partial charge in [-0.1, -0.05) is 23.2 Å². The maximum Gasteiger partial charge on any atom is 0.279 e. The Balaban J connectivity index is 1.96. The average Bonchev–Trinajstić information content (AvgIpc) is 2.93. The molecule has 24 heavy (non-hydrogen) atoms. The molecule has 6 heteroatoms. The van der Waals surface area contributed by atoms with Crippen LogP contribution < -0.4 is 15.4 Å². The van der Waals surface area contributed by atoms with Gasteiger partial charge in [-0.3, -0.25) is 4.79 Å². The highest BCUT2D eigenvalue weighted by molar-refractivity contribution is 7.13. The molecule has 1 aromatic heterocycles. The molecule has 0 bridgehead atoms. The Bertz CT molecular complexity index is 742. The van der Waals surface area contributed by atoms with Gasteiger partial charge in [-0.2, -0.15) is 0 Å². The zero-order chi connectivity index (χ0) is 17.5. The Kier molecular flexibility index (Phi) is 6.21. The Hall–Kier alpha value is -2.52. The molecular weight excluding hydrogens is 322 g/mol. The molecule has 1 atom stereocenters. The maximum atomic E-state index is 10.9. The Morgan fingerprint density at radius 3 is 2.58 bits per heavy atom. The third-order valence-corrected chi connectivity index (χ3v) is 3.62. The van der Waals surface area contributed by atoms with E-state index in [1.165, 1.54) is 18.3 Å². The molecule has 1 aromatic carbocycles. The Morgan fingerprint density at radius 2 is 1.96 bits per heavy atom. The van der Waals surface area contributed by atoms with E-state index in [1.54, 1.807) is 6.20 Å². The van der Waals surface area contributed by atoms with Crippen molar-refractivity contribution in [2.45, 2.75) is 39.8 Å². The third kappa shape index (κ3) is 5.94. The summed E-state index contributed by atoms with van der Waals surface area (Å²) in [6, 6.07) is 7.93. The second kappa shape index (κ2) is 8.37. The van der Waals surface area contributed by atoms with Gasteiger partial charge in [0.1, 0.15) is 10.6 Å². The van der Waals surface area contributed by atoms with Gasteiger partial charge in [0.15, 0.2) is 0 Å². The summed E-state index contributed by atoms with van der Waals surface area (Å²) in [6.07, 6.45) is 1.67. The zero-order valence-electron chi connectivity index (χ0n) is 14.2. The van der Waals surface area contributed by atoms with Gasteiger partial charge in [-0.15, -0.1) is 0 Å². The SMILES string of the molecule is CC(=O)NC(C)C#Cc1cnc(Oc2ccc(NC(C)C)cc2)s1. The summed E-state index contributed by atoms with van der Waals surface area (Å²) in [6.45, 7) is 7.49. The lowest BCUT2D eigenvalue weighted by Gasteiger charge is -2.10. The van der Waals surface area contributed by atoms with Gasteiger partial charge in [-0.25, -0.2) is 4.98 Å². The fourth-order valence-corrected chi connectivity index (χ4v) is 2.58. The quantitative estimate of drug-likeness (QED) is 0.814. The number of amides is 1. The minimum atomic E-state index is -0.199. The van der Waals surface area contributed by atoms with Gasteiger partial charge in [0.25, 0.3) is 5.19 Å². The predicted molar refractivity (Wildman–Crippen MR) is 97.5 cm³/mol. The second-order valence-corrected chi connectivity index (χ2v) is 6.60. The summed E-state index contributed by atoms with van der Waals surface area (Å²) in [5.74, 6) is 6.58.